The molecule has 0 saturated carbocycles. The summed E-state index contributed by atoms with van der Waals surface area (Å²) in [6.45, 7) is 2.86. The predicted molar refractivity (Wildman–Crippen MR) is 111 cm³/mol. The van der Waals surface area contributed by atoms with Crippen molar-refractivity contribution in [2.24, 2.45) is 0 Å². The van der Waals surface area contributed by atoms with Gasteiger partial charge in [-0.2, -0.15) is 10.4 Å². The van der Waals surface area contributed by atoms with Crippen LogP contribution in [0, 0.1) is 18.3 Å². The van der Waals surface area contributed by atoms with Crippen molar-refractivity contribution >= 4 is 33.3 Å². The summed E-state index contributed by atoms with van der Waals surface area (Å²) in [4.78, 5) is 12.5. The van der Waals surface area contributed by atoms with Crippen molar-refractivity contribution in [2.45, 2.75) is 43.7 Å². The maximum atomic E-state index is 12.7. The van der Waals surface area contributed by atoms with E-state index in [0.29, 0.717) is 24.7 Å². The maximum absolute atomic E-state index is 12.7. The normalized spacial score (nSPS) is 16.4. The van der Waals surface area contributed by atoms with Crippen LogP contribution in [-0.2, 0) is 21.3 Å². The number of nitrogens with one attached hydrogen (secondary N) is 2. The number of carbonyl (C=O) groups excluding carboxylic acids is 1. The third-order valence-electron chi connectivity index (χ3n) is 4.59. The Hall–Kier alpha value is -2.45. The Morgan fingerprint density at radius 3 is 2.93 bits per heavy atom. The number of anilines is 1. The summed E-state index contributed by atoms with van der Waals surface area (Å²) in [6.07, 6.45) is 1.76. The number of nitrogens with zero attached hydrogens (tertiary/aromatic N) is 3. The molecule has 3 rings (SSSR count). The highest BCUT2D eigenvalue weighted by atomic mass is 35.5. The lowest BCUT2D eigenvalue weighted by molar-refractivity contribution is 0.102. The van der Waals surface area contributed by atoms with E-state index in [0.717, 1.165) is 12.8 Å². The fourth-order valence-corrected chi connectivity index (χ4v) is 4.69. The minimum absolute atomic E-state index is 0.0151. The molecule has 1 aliphatic rings. The molecule has 1 saturated heterocycles. The average Bonchev–Trinajstić information content (AvgIpc) is 3.34. The van der Waals surface area contributed by atoms with Crippen LogP contribution in [0.2, 0.25) is 5.02 Å². The standard InChI is InChI=1S/C19H22ClN5O4S/c1-13-10-18(25(24-13)8-3-7-21)23-19(26)14-5-6-16(20)17(11-14)30(27,28)22-12-15-4-2-9-29-15/h5-6,10-11,15,22H,2-4,8-9,12H2,1H3,(H,23,26). The SMILES string of the molecule is Cc1cc(NC(=O)c2ccc(Cl)c(S(=O)(=O)NCC3CCCO3)c2)n(CCC#N)n1. The van der Waals surface area contributed by atoms with E-state index in [9.17, 15) is 13.2 Å². The van der Waals surface area contributed by atoms with Gasteiger partial charge in [0.2, 0.25) is 10.0 Å². The van der Waals surface area contributed by atoms with E-state index in [-0.39, 0.29) is 34.6 Å². The smallest absolute Gasteiger partial charge is 0.256 e. The van der Waals surface area contributed by atoms with E-state index >= 15 is 0 Å². The molecule has 0 aliphatic carbocycles. The van der Waals surface area contributed by atoms with Crippen LogP contribution >= 0.6 is 11.6 Å². The topological polar surface area (TPSA) is 126 Å². The second-order valence-electron chi connectivity index (χ2n) is 6.89. The zero-order valence-electron chi connectivity index (χ0n) is 16.4. The van der Waals surface area contributed by atoms with Crippen LogP contribution in [0.4, 0.5) is 5.82 Å². The number of carbonyl (C=O) groups is 1. The van der Waals surface area contributed by atoms with E-state index in [1.165, 1.54) is 22.9 Å². The van der Waals surface area contributed by atoms with Crippen molar-refractivity contribution in [3.8, 4) is 6.07 Å². The third-order valence-corrected chi connectivity index (χ3v) is 6.49. The molecule has 0 spiro atoms. The Bertz CT molecular complexity index is 1070. The van der Waals surface area contributed by atoms with Gasteiger partial charge < -0.3 is 10.1 Å². The minimum atomic E-state index is -3.92. The predicted octanol–water partition coefficient (Wildman–Crippen LogP) is 2.47. The lowest BCUT2D eigenvalue weighted by atomic mass is 10.2. The molecule has 1 aliphatic heterocycles. The van der Waals surface area contributed by atoms with Crippen LogP contribution in [0.3, 0.4) is 0 Å². The first-order chi connectivity index (χ1) is 14.3. The van der Waals surface area contributed by atoms with Gasteiger partial charge in [-0.1, -0.05) is 11.6 Å². The monoisotopic (exact) mass is 451 g/mol. The first-order valence-electron chi connectivity index (χ1n) is 9.44. The fraction of sp³-hybridized carbons (Fsp3) is 0.421. The number of nitriles is 1. The molecule has 2 N–H and O–H groups in total. The molecule has 1 fully saturated rings. The van der Waals surface area contributed by atoms with Crippen molar-refractivity contribution in [3.63, 3.8) is 0 Å². The van der Waals surface area contributed by atoms with Crippen molar-refractivity contribution in [2.75, 3.05) is 18.5 Å². The summed E-state index contributed by atoms with van der Waals surface area (Å²) in [6, 6.07) is 7.75. The highest BCUT2D eigenvalue weighted by molar-refractivity contribution is 7.89. The van der Waals surface area contributed by atoms with Gasteiger partial charge >= 0.3 is 0 Å². The maximum Gasteiger partial charge on any atom is 0.256 e. The molecule has 1 aromatic carbocycles. The lowest BCUT2D eigenvalue weighted by Crippen LogP contribution is -2.32. The van der Waals surface area contributed by atoms with Crippen LogP contribution < -0.4 is 10.0 Å². The molecule has 1 amide bonds. The van der Waals surface area contributed by atoms with Gasteiger partial charge in [0.05, 0.1) is 35.9 Å². The van der Waals surface area contributed by atoms with E-state index in [1.807, 2.05) is 6.07 Å². The number of amides is 1. The van der Waals surface area contributed by atoms with Crippen LogP contribution in [0.5, 0.6) is 0 Å². The van der Waals surface area contributed by atoms with Crippen LogP contribution in [-0.4, -0.2) is 43.4 Å². The van der Waals surface area contributed by atoms with Gasteiger partial charge in [-0.25, -0.2) is 17.8 Å². The minimum Gasteiger partial charge on any atom is -0.377 e. The number of aromatic nitrogens is 2. The highest BCUT2D eigenvalue weighted by Gasteiger charge is 2.23. The number of sulfonamides is 1. The van der Waals surface area contributed by atoms with Gasteiger partial charge in [0, 0.05) is 24.8 Å². The van der Waals surface area contributed by atoms with E-state index < -0.39 is 15.9 Å². The number of benzene rings is 1. The summed E-state index contributed by atoms with van der Waals surface area (Å²) in [5.74, 6) is -0.0936. The molecule has 0 radical (unpaired) electrons. The second-order valence-corrected chi connectivity index (χ2v) is 9.03. The Kier molecular flexibility index (Phi) is 7.10. The molecule has 2 heterocycles. The van der Waals surface area contributed by atoms with Crippen molar-refractivity contribution in [3.05, 3.63) is 40.5 Å². The Balaban J connectivity index is 1.77. The molecule has 1 atom stereocenters. The van der Waals surface area contributed by atoms with Gasteiger partial charge in [-0.15, -0.1) is 0 Å². The van der Waals surface area contributed by atoms with Crippen molar-refractivity contribution in [1.82, 2.24) is 14.5 Å². The molecule has 2 aromatic rings. The molecular formula is C19H22ClN5O4S. The highest BCUT2D eigenvalue weighted by Crippen LogP contribution is 2.24. The fourth-order valence-electron chi connectivity index (χ4n) is 3.10. The number of rotatable bonds is 8. The summed E-state index contributed by atoms with van der Waals surface area (Å²) >= 11 is 6.10. The lowest BCUT2D eigenvalue weighted by Gasteiger charge is -2.13. The molecule has 9 nitrogen and oxygen atoms in total. The average molecular weight is 452 g/mol. The first-order valence-corrected chi connectivity index (χ1v) is 11.3. The Labute approximate surface area is 180 Å². The van der Waals surface area contributed by atoms with Crippen LogP contribution in [0.1, 0.15) is 35.3 Å². The first kappa shape index (κ1) is 22.2. The largest absolute Gasteiger partial charge is 0.377 e. The summed E-state index contributed by atoms with van der Waals surface area (Å²) in [5, 5.41) is 15.7. The summed E-state index contributed by atoms with van der Waals surface area (Å²) in [5.41, 5.74) is 0.809. The molecular weight excluding hydrogens is 430 g/mol. The second kappa shape index (κ2) is 9.57. The van der Waals surface area contributed by atoms with Gasteiger partial charge in [0.15, 0.2) is 0 Å². The number of aryl methyl sites for hydroxylation is 2. The molecule has 30 heavy (non-hydrogen) atoms. The Morgan fingerprint density at radius 1 is 1.43 bits per heavy atom. The zero-order valence-corrected chi connectivity index (χ0v) is 18.0. The van der Waals surface area contributed by atoms with Gasteiger partial charge in [0.1, 0.15) is 10.7 Å². The van der Waals surface area contributed by atoms with E-state index in [2.05, 4.69) is 15.1 Å². The molecule has 1 aromatic heterocycles. The van der Waals surface area contributed by atoms with Gasteiger partial charge in [-0.05, 0) is 38.0 Å². The quantitative estimate of drug-likeness (QED) is 0.634. The molecule has 1 unspecified atom stereocenters. The number of hydrogen-bond acceptors (Lipinski definition) is 6. The van der Waals surface area contributed by atoms with Gasteiger partial charge in [0.25, 0.3) is 5.91 Å². The number of halogens is 1. The van der Waals surface area contributed by atoms with Crippen LogP contribution in [0.25, 0.3) is 0 Å². The summed E-state index contributed by atoms with van der Waals surface area (Å²) in [7, 11) is -3.92. The number of hydrogen-bond donors (Lipinski definition) is 2. The van der Waals surface area contributed by atoms with Crippen LogP contribution in [0.15, 0.2) is 29.2 Å². The summed E-state index contributed by atoms with van der Waals surface area (Å²) < 4.78 is 34.8. The third kappa shape index (κ3) is 5.37. The molecule has 0 bridgehead atoms. The Morgan fingerprint density at radius 2 is 2.23 bits per heavy atom. The molecule has 160 valence electrons. The van der Waals surface area contributed by atoms with Gasteiger partial charge in [-0.3, -0.25) is 4.79 Å². The van der Waals surface area contributed by atoms with Crippen molar-refractivity contribution in [1.29, 1.82) is 5.26 Å². The number of ether oxygens (including phenoxy) is 1. The van der Waals surface area contributed by atoms with E-state index in [4.69, 9.17) is 21.6 Å². The van der Waals surface area contributed by atoms with E-state index in [1.54, 1.807) is 13.0 Å². The molecule has 11 heteroatoms. The zero-order chi connectivity index (χ0) is 21.7. The van der Waals surface area contributed by atoms with Crippen molar-refractivity contribution < 1.29 is 17.9 Å².